The molecule has 6 nitrogen and oxygen atoms in total. The minimum absolute atomic E-state index is 0.339. The summed E-state index contributed by atoms with van der Waals surface area (Å²) in [6.07, 6.45) is 5.94. The van der Waals surface area contributed by atoms with Crippen molar-refractivity contribution in [3.63, 3.8) is 0 Å². The molecule has 0 aromatic carbocycles. The first-order chi connectivity index (χ1) is 9.69. The van der Waals surface area contributed by atoms with Crippen molar-refractivity contribution in [2.45, 2.75) is 58.0 Å². The Balaban J connectivity index is 1.92. The molecule has 110 valence electrons. The topological polar surface area (TPSA) is 71.2 Å². The number of rotatable bonds is 3. The molecule has 3 rings (SSSR count). The SMILES string of the molecule is CCC1CCC(C)N1c1nc(N)nc(N2CCCC2)n1. The van der Waals surface area contributed by atoms with Gasteiger partial charge in [0.15, 0.2) is 0 Å². The first-order valence-electron chi connectivity index (χ1n) is 7.74. The molecular weight excluding hydrogens is 252 g/mol. The number of anilines is 3. The van der Waals surface area contributed by atoms with E-state index in [1.807, 2.05) is 0 Å². The second-order valence-corrected chi connectivity index (χ2v) is 5.88. The maximum atomic E-state index is 5.91. The summed E-state index contributed by atoms with van der Waals surface area (Å²) in [6, 6.07) is 1.01. The van der Waals surface area contributed by atoms with Crippen molar-refractivity contribution in [3.8, 4) is 0 Å². The third-order valence-electron chi connectivity index (χ3n) is 4.51. The lowest BCUT2D eigenvalue weighted by Crippen LogP contribution is -2.36. The number of nitrogen functional groups attached to an aromatic ring is 1. The molecule has 2 unspecified atom stereocenters. The minimum atomic E-state index is 0.339. The third kappa shape index (κ3) is 2.39. The van der Waals surface area contributed by atoms with Gasteiger partial charge in [-0.25, -0.2) is 0 Å². The number of aromatic nitrogens is 3. The van der Waals surface area contributed by atoms with Crippen molar-refractivity contribution in [2.75, 3.05) is 28.6 Å². The highest BCUT2D eigenvalue weighted by molar-refractivity contribution is 5.46. The van der Waals surface area contributed by atoms with Crippen LogP contribution in [-0.2, 0) is 0 Å². The zero-order chi connectivity index (χ0) is 14.1. The van der Waals surface area contributed by atoms with Crippen LogP contribution < -0.4 is 15.5 Å². The van der Waals surface area contributed by atoms with Crippen molar-refractivity contribution in [1.29, 1.82) is 0 Å². The quantitative estimate of drug-likeness (QED) is 0.908. The van der Waals surface area contributed by atoms with Gasteiger partial charge in [-0.15, -0.1) is 0 Å². The Hall–Kier alpha value is -1.59. The van der Waals surface area contributed by atoms with Crippen LogP contribution in [0, 0.1) is 0 Å². The smallest absolute Gasteiger partial charge is 0.232 e. The average molecular weight is 276 g/mol. The molecule has 2 aliphatic rings. The summed E-state index contributed by atoms with van der Waals surface area (Å²) in [7, 11) is 0. The van der Waals surface area contributed by atoms with Crippen LogP contribution in [0.25, 0.3) is 0 Å². The van der Waals surface area contributed by atoms with Gasteiger partial charge in [0.2, 0.25) is 17.8 Å². The second kappa shape index (κ2) is 5.42. The molecule has 0 amide bonds. The van der Waals surface area contributed by atoms with Crippen molar-refractivity contribution in [3.05, 3.63) is 0 Å². The van der Waals surface area contributed by atoms with E-state index < -0.39 is 0 Å². The van der Waals surface area contributed by atoms with Crippen molar-refractivity contribution in [2.24, 2.45) is 0 Å². The van der Waals surface area contributed by atoms with Crippen LogP contribution in [0.2, 0.25) is 0 Å². The number of hydrogen-bond acceptors (Lipinski definition) is 6. The van der Waals surface area contributed by atoms with E-state index in [0.717, 1.165) is 31.4 Å². The molecule has 1 aromatic rings. The molecule has 1 aromatic heterocycles. The predicted octanol–water partition coefficient (Wildman–Crippen LogP) is 1.82. The Morgan fingerprint density at radius 3 is 2.50 bits per heavy atom. The van der Waals surface area contributed by atoms with Crippen LogP contribution in [-0.4, -0.2) is 40.1 Å². The molecule has 2 N–H and O–H groups in total. The monoisotopic (exact) mass is 276 g/mol. The van der Waals surface area contributed by atoms with Crippen LogP contribution in [0.1, 0.15) is 46.0 Å². The predicted molar refractivity (Wildman–Crippen MR) is 80.9 cm³/mol. The highest BCUT2D eigenvalue weighted by Crippen LogP contribution is 2.31. The van der Waals surface area contributed by atoms with Gasteiger partial charge in [0, 0.05) is 25.2 Å². The van der Waals surface area contributed by atoms with Gasteiger partial charge in [-0.3, -0.25) is 0 Å². The van der Waals surface area contributed by atoms with Gasteiger partial charge in [0.25, 0.3) is 0 Å². The Morgan fingerprint density at radius 2 is 1.80 bits per heavy atom. The Bertz CT molecular complexity index is 471. The maximum absolute atomic E-state index is 5.91. The maximum Gasteiger partial charge on any atom is 0.232 e. The lowest BCUT2D eigenvalue weighted by Gasteiger charge is -2.28. The van der Waals surface area contributed by atoms with Gasteiger partial charge in [-0.05, 0) is 39.0 Å². The van der Waals surface area contributed by atoms with Crippen LogP contribution >= 0.6 is 0 Å². The van der Waals surface area contributed by atoms with Crippen LogP contribution in [0.15, 0.2) is 0 Å². The van der Waals surface area contributed by atoms with Gasteiger partial charge >= 0.3 is 0 Å². The van der Waals surface area contributed by atoms with Crippen LogP contribution in [0.4, 0.5) is 17.8 Å². The van der Waals surface area contributed by atoms with E-state index in [1.54, 1.807) is 0 Å². The van der Waals surface area contributed by atoms with E-state index in [0.29, 0.717) is 18.0 Å². The molecule has 0 saturated carbocycles. The summed E-state index contributed by atoms with van der Waals surface area (Å²) in [5.74, 6) is 1.85. The summed E-state index contributed by atoms with van der Waals surface area (Å²) in [4.78, 5) is 17.9. The number of nitrogens with two attached hydrogens (primary N) is 1. The minimum Gasteiger partial charge on any atom is -0.368 e. The molecule has 2 atom stereocenters. The highest BCUT2D eigenvalue weighted by atomic mass is 15.4. The average Bonchev–Trinajstić information content (AvgIpc) is 3.06. The zero-order valence-corrected chi connectivity index (χ0v) is 12.4. The second-order valence-electron chi connectivity index (χ2n) is 5.88. The zero-order valence-electron chi connectivity index (χ0n) is 12.4. The first-order valence-corrected chi connectivity index (χ1v) is 7.74. The number of hydrogen-bond donors (Lipinski definition) is 1. The fourth-order valence-electron chi connectivity index (χ4n) is 3.38. The molecular formula is C14H24N6. The van der Waals surface area contributed by atoms with E-state index in [1.165, 1.54) is 25.7 Å². The summed E-state index contributed by atoms with van der Waals surface area (Å²) >= 11 is 0. The summed E-state index contributed by atoms with van der Waals surface area (Å²) in [5.41, 5.74) is 5.91. The van der Waals surface area contributed by atoms with Crippen molar-refractivity contribution in [1.82, 2.24) is 15.0 Å². The van der Waals surface area contributed by atoms with Gasteiger partial charge < -0.3 is 15.5 Å². The van der Waals surface area contributed by atoms with Crippen molar-refractivity contribution >= 4 is 17.8 Å². The van der Waals surface area contributed by atoms with Crippen molar-refractivity contribution < 1.29 is 0 Å². The lowest BCUT2D eigenvalue weighted by molar-refractivity contribution is 0.611. The third-order valence-corrected chi connectivity index (χ3v) is 4.51. The van der Waals surface area contributed by atoms with E-state index in [9.17, 15) is 0 Å². The molecule has 20 heavy (non-hydrogen) atoms. The van der Waals surface area contributed by atoms with Gasteiger partial charge in [-0.2, -0.15) is 15.0 Å². The molecule has 2 aliphatic heterocycles. The summed E-state index contributed by atoms with van der Waals surface area (Å²) in [6.45, 7) is 6.51. The summed E-state index contributed by atoms with van der Waals surface area (Å²) < 4.78 is 0. The van der Waals surface area contributed by atoms with E-state index in [4.69, 9.17) is 10.7 Å². The van der Waals surface area contributed by atoms with Crippen LogP contribution in [0.3, 0.4) is 0 Å². The normalized spacial score (nSPS) is 26.5. The standard InChI is InChI=1S/C14H24N6/c1-3-11-7-6-10(2)20(11)14-17-12(15)16-13(18-14)19-8-4-5-9-19/h10-11H,3-9H2,1-2H3,(H2,15,16,17,18). The molecule has 0 aliphatic carbocycles. The van der Waals surface area contributed by atoms with Gasteiger partial charge in [0.1, 0.15) is 0 Å². The lowest BCUT2D eigenvalue weighted by atomic mass is 10.2. The van der Waals surface area contributed by atoms with Crippen LogP contribution in [0.5, 0.6) is 0 Å². The fourth-order valence-corrected chi connectivity index (χ4v) is 3.38. The molecule has 3 heterocycles. The molecule has 2 fully saturated rings. The highest BCUT2D eigenvalue weighted by Gasteiger charge is 2.32. The van der Waals surface area contributed by atoms with E-state index in [-0.39, 0.29) is 0 Å². The van der Waals surface area contributed by atoms with Gasteiger partial charge in [-0.1, -0.05) is 6.92 Å². The Kier molecular flexibility index (Phi) is 3.63. The van der Waals surface area contributed by atoms with E-state index in [2.05, 4.69) is 33.6 Å². The molecule has 0 spiro atoms. The molecule has 0 radical (unpaired) electrons. The molecule has 0 bridgehead atoms. The molecule has 6 heteroatoms. The van der Waals surface area contributed by atoms with E-state index >= 15 is 0 Å². The molecule has 2 saturated heterocycles. The fraction of sp³-hybridized carbons (Fsp3) is 0.786. The first kappa shape index (κ1) is 13.4. The summed E-state index contributed by atoms with van der Waals surface area (Å²) in [5, 5.41) is 0. The number of nitrogens with zero attached hydrogens (tertiary/aromatic N) is 5. The Labute approximate surface area is 120 Å². The Morgan fingerprint density at radius 1 is 1.10 bits per heavy atom. The van der Waals surface area contributed by atoms with Gasteiger partial charge in [0.05, 0.1) is 0 Å². The largest absolute Gasteiger partial charge is 0.368 e.